The van der Waals surface area contributed by atoms with Crippen LogP contribution >= 0.6 is 0 Å². The molecule has 0 amide bonds. The molecule has 0 spiro atoms. The molecule has 0 unspecified atom stereocenters. The van der Waals surface area contributed by atoms with Gasteiger partial charge in [-0.2, -0.15) is 8.42 Å². The summed E-state index contributed by atoms with van der Waals surface area (Å²) in [6.07, 6.45) is 11.9. The fraction of sp³-hybridized carbons (Fsp3) is 0.286. The number of rotatable bonds is 22. The Labute approximate surface area is 457 Å². The van der Waals surface area contributed by atoms with Crippen LogP contribution in [0.3, 0.4) is 0 Å². The number of para-hydroxylation sites is 2. The number of nitro benzene ring substituents is 10. The van der Waals surface area contributed by atoms with Crippen molar-refractivity contribution in [2.75, 3.05) is 6.61 Å². The lowest BCUT2D eigenvalue weighted by Crippen LogP contribution is -2.04. The van der Waals surface area contributed by atoms with Crippen LogP contribution in [0, 0.1) is 101 Å². The van der Waals surface area contributed by atoms with Crippen molar-refractivity contribution in [1.82, 2.24) is 0 Å². The lowest BCUT2D eigenvalue weighted by Gasteiger charge is -2.02. The minimum Gasteiger partial charge on any atom is -0.507 e. The highest BCUT2D eigenvalue weighted by Gasteiger charge is 2.28. The third-order valence-corrected chi connectivity index (χ3v) is 10.00. The number of nitro groups is 10. The van der Waals surface area contributed by atoms with E-state index in [1.54, 1.807) is 0 Å². The van der Waals surface area contributed by atoms with Crippen molar-refractivity contribution in [3.63, 3.8) is 0 Å². The van der Waals surface area contributed by atoms with Crippen molar-refractivity contribution in [3.05, 3.63) is 192 Å². The van der Waals surface area contributed by atoms with E-state index in [2.05, 4.69) is 11.1 Å². The summed E-state index contributed by atoms with van der Waals surface area (Å²) in [5.41, 5.74) is -5.99. The van der Waals surface area contributed by atoms with Gasteiger partial charge in [0.2, 0.25) is 11.5 Å². The highest BCUT2D eigenvalue weighted by molar-refractivity contribution is 7.80. The first-order valence-corrected chi connectivity index (χ1v) is 23.7. The van der Waals surface area contributed by atoms with Crippen LogP contribution in [0.15, 0.2) is 91.0 Å². The average molecular weight is 1190 g/mol. The summed E-state index contributed by atoms with van der Waals surface area (Å²) in [6, 6.07) is 13.9. The molecule has 40 heteroatoms. The molecular formula is C42H46N10O29S. The molecule has 0 aliphatic carbocycles. The second-order valence-corrected chi connectivity index (χ2v) is 16.4. The first-order chi connectivity index (χ1) is 38.2. The molecule has 5 aromatic carbocycles. The number of nitrogens with zero attached hydrogens (tertiary/aromatic N) is 10. The molecule has 0 saturated carbocycles. The predicted molar refractivity (Wildman–Crippen MR) is 276 cm³/mol. The van der Waals surface area contributed by atoms with Gasteiger partial charge in [-0.15, -0.1) is 0 Å². The summed E-state index contributed by atoms with van der Waals surface area (Å²) < 4.78 is 33.0. The quantitative estimate of drug-likeness (QED) is 0.0162. The van der Waals surface area contributed by atoms with Gasteiger partial charge in [0.15, 0.2) is 5.75 Å². The zero-order valence-electron chi connectivity index (χ0n) is 41.9. The summed E-state index contributed by atoms with van der Waals surface area (Å²) in [6.45, 7) is 2.31. The van der Waals surface area contributed by atoms with Crippen molar-refractivity contribution >= 4 is 67.3 Å². The van der Waals surface area contributed by atoms with Crippen LogP contribution in [0.2, 0.25) is 0 Å². The van der Waals surface area contributed by atoms with Gasteiger partial charge in [0.25, 0.3) is 28.5 Å². The molecule has 0 heterocycles. The number of phenolic OH excluding ortho intramolecular Hbond substituents is 5. The molecule has 39 nitrogen and oxygen atoms in total. The maximum absolute atomic E-state index is 10.3. The van der Waals surface area contributed by atoms with E-state index in [0.29, 0.717) is 12.5 Å². The van der Waals surface area contributed by atoms with E-state index in [-0.39, 0.29) is 12.3 Å². The van der Waals surface area contributed by atoms with Crippen LogP contribution in [0.5, 0.6) is 28.7 Å². The molecule has 6 N–H and O–H groups in total. The molecule has 5 aromatic rings. The van der Waals surface area contributed by atoms with Crippen molar-refractivity contribution in [2.45, 2.75) is 71.1 Å². The molecule has 82 heavy (non-hydrogen) atoms. The van der Waals surface area contributed by atoms with Gasteiger partial charge in [0, 0.05) is 36.4 Å². The monoisotopic (exact) mass is 1190 g/mol. The molecule has 0 fully saturated rings. The Morgan fingerprint density at radius 2 is 0.768 bits per heavy atom. The SMILES string of the molecule is CCCCCCCCCCCCOS(=O)(=O)O.O=[N+]([O-])c1cc(O)cc([N+](=O)[O-])c1.O=[N+]([O-])c1ccc(O)c([N+](=O)[O-])c1.O=[N+]([O-])c1ccc([N+](=O)[O-])c(O)c1.O=[N+]([O-])c1cccc(O)c1[N+](=O)[O-].O=[N+]([O-])c1cccc([N+](=O)[O-])c1O. The van der Waals surface area contributed by atoms with Crippen LogP contribution in [-0.2, 0) is 14.6 Å². The molecule has 0 bridgehead atoms. The van der Waals surface area contributed by atoms with E-state index in [1.165, 1.54) is 51.0 Å². The van der Waals surface area contributed by atoms with E-state index < -0.39 is 140 Å². The number of hydrogen-bond acceptors (Lipinski definition) is 28. The summed E-state index contributed by atoms with van der Waals surface area (Å²) in [4.78, 5) is 93.6. The van der Waals surface area contributed by atoms with Crippen LogP contribution < -0.4 is 0 Å². The van der Waals surface area contributed by atoms with Crippen LogP contribution in [0.4, 0.5) is 56.9 Å². The zero-order chi connectivity index (χ0) is 63.0. The van der Waals surface area contributed by atoms with E-state index in [9.17, 15) is 110 Å². The molecule has 5 rings (SSSR count). The highest BCUT2D eigenvalue weighted by Crippen LogP contribution is 2.36. The zero-order valence-corrected chi connectivity index (χ0v) is 42.7. The molecule has 0 atom stereocenters. The fourth-order valence-electron chi connectivity index (χ4n) is 5.76. The second kappa shape index (κ2) is 35.4. The summed E-state index contributed by atoms with van der Waals surface area (Å²) >= 11 is 0. The Kier molecular flexibility index (Phi) is 30.6. The molecule has 444 valence electrons. The largest absolute Gasteiger partial charge is 0.507 e. The number of benzene rings is 5. The van der Waals surface area contributed by atoms with Gasteiger partial charge in [0.05, 0.1) is 86.2 Å². The molecule has 0 radical (unpaired) electrons. The Bertz CT molecular complexity index is 3140. The van der Waals surface area contributed by atoms with Crippen molar-refractivity contribution < 1.29 is 91.9 Å². The van der Waals surface area contributed by atoms with Crippen LogP contribution in [-0.4, -0.2) is 94.3 Å². The highest BCUT2D eigenvalue weighted by atomic mass is 32.3. The van der Waals surface area contributed by atoms with Gasteiger partial charge in [-0.1, -0.05) is 70.8 Å². The van der Waals surface area contributed by atoms with Gasteiger partial charge >= 0.3 is 44.5 Å². The van der Waals surface area contributed by atoms with E-state index in [1.807, 2.05) is 0 Å². The minimum absolute atomic E-state index is 0.0926. The molecule has 0 aliphatic rings. The van der Waals surface area contributed by atoms with E-state index in [0.717, 1.165) is 91.7 Å². The van der Waals surface area contributed by atoms with E-state index in [4.69, 9.17) is 30.1 Å². The topological polar surface area (TPSA) is 596 Å². The Morgan fingerprint density at radius 1 is 0.378 bits per heavy atom. The standard InChI is InChI=1S/C12H26O4S.5C6H4N2O5/c1-2-3-4-5-6-7-8-9-10-11-12-16-17(13,14)15;9-6-2-4(7(10)11)1-5(3-6)8(12)13;9-6-2-1-4(7(10)11)3-5(6)8(12)13;9-6-3-4(7(10)11)1-2-5(6)8(12)13;9-5-3-1-2-4(7(10)11)6(5)8(12)13;9-6-4(7(10)11)2-1-3-5(6)8(12)13/h2-12H2,1H3,(H,13,14,15);5*1-3,9H. The predicted octanol–water partition coefficient (Wildman–Crippen LogP) is 9.77. The van der Waals surface area contributed by atoms with Crippen molar-refractivity contribution in [1.29, 1.82) is 0 Å². The van der Waals surface area contributed by atoms with Gasteiger partial charge in [-0.3, -0.25) is 106 Å². The minimum atomic E-state index is -4.23. The fourth-order valence-corrected chi connectivity index (χ4v) is 6.09. The number of aromatic hydroxyl groups is 5. The molecule has 0 aliphatic heterocycles. The van der Waals surface area contributed by atoms with Crippen LogP contribution in [0.1, 0.15) is 71.1 Å². The second-order valence-electron chi connectivity index (χ2n) is 15.3. The van der Waals surface area contributed by atoms with Gasteiger partial charge in [-0.25, -0.2) is 4.18 Å². The van der Waals surface area contributed by atoms with Crippen LogP contribution in [0.25, 0.3) is 0 Å². The van der Waals surface area contributed by atoms with E-state index >= 15 is 0 Å². The average Bonchev–Trinajstić information content (AvgIpc) is 3.37. The maximum Gasteiger partial charge on any atom is 0.397 e. The summed E-state index contributed by atoms with van der Waals surface area (Å²) in [5.74, 6) is -3.42. The smallest absolute Gasteiger partial charge is 0.397 e. The lowest BCUT2D eigenvalue weighted by atomic mass is 10.1. The first-order valence-electron chi connectivity index (χ1n) is 22.4. The molecule has 0 aromatic heterocycles. The first kappa shape index (κ1) is 71.0. The number of hydrogen-bond donors (Lipinski definition) is 6. The summed E-state index contributed by atoms with van der Waals surface area (Å²) in [5, 5.41) is 147. The molecular weight excluding hydrogens is 1140 g/mol. The third kappa shape index (κ3) is 26.8. The van der Waals surface area contributed by atoms with Gasteiger partial charge < -0.3 is 25.5 Å². The normalized spacial score (nSPS) is 10.0. The Balaban J connectivity index is 0.000000962. The third-order valence-electron chi connectivity index (χ3n) is 9.53. The Morgan fingerprint density at radius 3 is 1.15 bits per heavy atom. The maximum atomic E-state index is 10.3. The number of non-ortho nitro benzene ring substituents is 4. The van der Waals surface area contributed by atoms with Crippen molar-refractivity contribution in [3.8, 4) is 28.7 Å². The van der Waals surface area contributed by atoms with Gasteiger partial charge in [0.1, 0.15) is 5.75 Å². The van der Waals surface area contributed by atoms with Gasteiger partial charge in [-0.05, 0) is 24.6 Å². The summed E-state index contributed by atoms with van der Waals surface area (Å²) in [7, 11) is -4.23. The van der Waals surface area contributed by atoms with Crippen molar-refractivity contribution in [2.24, 2.45) is 0 Å². The number of phenols is 5. The number of unbranched alkanes of at least 4 members (excludes halogenated alkanes) is 9. The lowest BCUT2D eigenvalue weighted by molar-refractivity contribution is -0.423. The Hall–Kier alpha value is -11.0. The molecule has 0 saturated heterocycles.